The number of rotatable bonds is 5. The van der Waals surface area contributed by atoms with E-state index >= 15 is 0 Å². The molecule has 0 aliphatic carbocycles. The molecule has 2 heterocycles. The minimum Gasteiger partial charge on any atom is -0.481 e. The van der Waals surface area contributed by atoms with Gasteiger partial charge in [-0.25, -0.2) is 19.3 Å². The number of carbonyl (C=O) groups is 1. The second kappa shape index (κ2) is 7.35. The lowest BCUT2D eigenvalue weighted by molar-refractivity contribution is 0.102. The van der Waals surface area contributed by atoms with Crippen LogP contribution < -0.4 is 14.8 Å². The number of anilines is 1. The third-order valence-electron chi connectivity index (χ3n) is 3.13. The molecule has 25 heavy (non-hydrogen) atoms. The first-order chi connectivity index (χ1) is 12.2. The number of para-hydroxylation sites is 1. The molecule has 3 aromatic rings. The molecule has 0 aliphatic rings. The third kappa shape index (κ3) is 4.05. The van der Waals surface area contributed by atoms with Gasteiger partial charge in [0.2, 0.25) is 5.88 Å². The number of nitrogens with one attached hydrogen (secondary N) is 1. The Morgan fingerprint density at radius 1 is 1.12 bits per heavy atom. The van der Waals surface area contributed by atoms with Gasteiger partial charge in [-0.05, 0) is 18.2 Å². The summed E-state index contributed by atoms with van der Waals surface area (Å²) < 4.78 is 23.7. The predicted molar refractivity (Wildman–Crippen MR) is 87.2 cm³/mol. The summed E-state index contributed by atoms with van der Waals surface area (Å²) in [5.41, 5.74) is 0.736. The maximum absolute atomic E-state index is 13.5. The van der Waals surface area contributed by atoms with Crippen LogP contribution in [-0.2, 0) is 0 Å². The zero-order valence-electron chi connectivity index (χ0n) is 13.1. The molecule has 0 radical (unpaired) electrons. The van der Waals surface area contributed by atoms with Crippen molar-refractivity contribution in [1.29, 1.82) is 0 Å². The summed E-state index contributed by atoms with van der Waals surface area (Å²) in [5.74, 6) is -0.539. The lowest BCUT2D eigenvalue weighted by Gasteiger charge is -2.07. The van der Waals surface area contributed by atoms with Gasteiger partial charge in [0, 0.05) is 17.8 Å². The third-order valence-corrected chi connectivity index (χ3v) is 3.13. The maximum Gasteiger partial charge on any atom is 0.322 e. The standard InChI is InChI=1S/C17H13FN4O3/c1-24-15-8-11(6-7-19-15)16(23)22-12-9-20-17(21-10-12)25-14-5-3-2-4-13(14)18/h2-10H,1H3,(H,22,23). The molecule has 3 rings (SSSR count). The molecule has 2 aromatic heterocycles. The normalized spacial score (nSPS) is 10.2. The van der Waals surface area contributed by atoms with Gasteiger partial charge in [0.1, 0.15) is 0 Å². The van der Waals surface area contributed by atoms with Gasteiger partial charge in [0.25, 0.3) is 5.91 Å². The fourth-order valence-corrected chi connectivity index (χ4v) is 1.92. The summed E-state index contributed by atoms with van der Waals surface area (Å²) in [6.07, 6.45) is 4.19. The molecule has 1 amide bonds. The molecule has 0 bridgehead atoms. The number of carbonyl (C=O) groups excluding carboxylic acids is 1. The lowest BCUT2D eigenvalue weighted by Crippen LogP contribution is -2.12. The molecule has 0 unspecified atom stereocenters. The molecule has 0 fully saturated rings. The molecule has 0 spiro atoms. The van der Waals surface area contributed by atoms with Crippen LogP contribution in [0.2, 0.25) is 0 Å². The predicted octanol–water partition coefficient (Wildman–Crippen LogP) is 3.06. The highest BCUT2D eigenvalue weighted by molar-refractivity contribution is 6.04. The van der Waals surface area contributed by atoms with Gasteiger partial charge < -0.3 is 14.8 Å². The molecule has 0 atom stereocenters. The van der Waals surface area contributed by atoms with Crippen molar-refractivity contribution in [2.24, 2.45) is 0 Å². The number of hydrogen-bond acceptors (Lipinski definition) is 6. The minimum absolute atomic E-state index is 0.0168. The highest BCUT2D eigenvalue weighted by Gasteiger charge is 2.10. The zero-order valence-corrected chi connectivity index (χ0v) is 13.1. The Labute approximate surface area is 142 Å². The van der Waals surface area contributed by atoms with Gasteiger partial charge in [-0.2, -0.15) is 0 Å². The second-order valence-corrected chi connectivity index (χ2v) is 4.83. The van der Waals surface area contributed by atoms with Crippen molar-refractivity contribution < 1.29 is 18.7 Å². The first kappa shape index (κ1) is 16.3. The maximum atomic E-state index is 13.5. The first-order valence-electron chi connectivity index (χ1n) is 7.21. The number of pyridine rings is 1. The summed E-state index contributed by atoms with van der Waals surface area (Å²) in [6.45, 7) is 0. The smallest absolute Gasteiger partial charge is 0.322 e. The summed E-state index contributed by atoms with van der Waals surface area (Å²) in [7, 11) is 1.46. The number of nitrogens with zero attached hydrogens (tertiary/aromatic N) is 3. The van der Waals surface area contributed by atoms with Crippen LogP contribution in [0.5, 0.6) is 17.6 Å². The minimum atomic E-state index is -0.518. The van der Waals surface area contributed by atoms with Crippen LogP contribution in [0, 0.1) is 5.82 Å². The number of aromatic nitrogens is 3. The SMILES string of the molecule is COc1cc(C(=O)Nc2cnc(Oc3ccccc3F)nc2)ccn1. The molecule has 7 nitrogen and oxygen atoms in total. The van der Waals surface area contributed by atoms with Crippen molar-refractivity contribution in [2.75, 3.05) is 12.4 Å². The first-order valence-corrected chi connectivity index (χ1v) is 7.21. The van der Waals surface area contributed by atoms with E-state index in [1.54, 1.807) is 18.2 Å². The molecular weight excluding hydrogens is 327 g/mol. The summed E-state index contributed by atoms with van der Waals surface area (Å²) in [5, 5.41) is 2.64. The Kier molecular flexibility index (Phi) is 4.79. The van der Waals surface area contributed by atoms with Crippen LogP contribution in [0.4, 0.5) is 10.1 Å². The Bertz CT molecular complexity index is 887. The molecular formula is C17H13FN4O3. The van der Waals surface area contributed by atoms with Crippen molar-refractivity contribution in [3.05, 3.63) is 66.4 Å². The molecule has 1 aromatic carbocycles. The van der Waals surface area contributed by atoms with Crippen molar-refractivity contribution in [3.63, 3.8) is 0 Å². The second-order valence-electron chi connectivity index (χ2n) is 4.83. The average Bonchev–Trinajstić information content (AvgIpc) is 2.65. The van der Waals surface area contributed by atoms with E-state index in [0.717, 1.165) is 0 Å². The van der Waals surface area contributed by atoms with Crippen molar-refractivity contribution in [2.45, 2.75) is 0 Å². The molecule has 0 saturated heterocycles. The van der Waals surface area contributed by atoms with Gasteiger partial charge >= 0.3 is 6.01 Å². The lowest BCUT2D eigenvalue weighted by atomic mass is 10.2. The van der Waals surface area contributed by atoms with Gasteiger partial charge in [0.05, 0.1) is 25.2 Å². The highest BCUT2D eigenvalue weighted by Crippen LogP contribution is 2.21. The van der Waals surface area contributed by atoms with E-state index in [0.29, 0.717) is 17.1 Å². The average molecular weight is 340 g/mol. The van der Waals surface area contributed by atoms with E-state index in [-0.39, 0.29) is 17.7 Å². The number of ether oxygens (including phenoxy) is 2. The van der Waals surface area contributed by atoms with Crippen LogP contribution in [-0.4, -0.2) is 28.0 Å². The van der Waals surface area contributed by atoms with E-state index in [9.17, 15) is 9.18 Å². The number of amides is 1. The van der Waals surface area contributed by atoms with Gasteiger partial charge in [-0.15, -0.1) is 0 Å². The summed E-state index contributed by atoms with van der Waals surface area (Å²) in [4.78, 5) is 24.0. The van der Waals surface area contributed by atoms with Crippen LogP contribution in [0.3, 0.4) is 0 Å². The van der Waals surface area contributed by atoms with Crippen LogP contribution in [0.1, 0.15) is 10.4 Å². The topological polar surface area (TPSA) is 86.2 Å². The largest absolute Gasteiger partial charge is 0.481 e. The number of hydrogen-bond donors (Lipinski definition) is 1. The fraction of sp³-hybridized carbons (Fsp3) is 0.0588. The number of benzene rings is 1. The number of halogens is 1. The summed E-state index contributed by atoms with van der Waals surface area (Å²) >= 11 is 0. The monoisotopic (exact) mass is 340 g/mol. The van der Waals surface area contributed by atoms with Gasteiger partial charge in [-0.3, -0.25) is 4.79 Å². The Hall–Kier alpha value is -3.55. The highest BCUT2D eigenvalue weighted by atomic mass is 19.1. The quantitative estimate of drug-likeness (QED) is 0.768. The van der Waals surface area contributed by atoms with E-state index in [4.69, 9.17) is 9.47 Å². The fourth-order valence-electron chi connectivity index (χ4n) is 1.92. The van der Waals surface area contributed by atoms with E-state index in [2.05, 4.69) is 20.3 Å². The molecule has 0 saturated carbocycles. The Morgan fingerprint density at radius 2 is 1.88 bits per heavy atom. The van der Waals surface area contributed by atoms with Crippen LogP contribution in [0.15, 0.2) is 55.0 Å². The van der Waals surface area contributed by atoms with Crippen molar-refractivity contribution >= 4 is 11.6 Å². The van der Waals surface area contributed by atoms with Crippen LogP contribution in [0.25, 0.3) is 0 Å². The molecule has 0 aliphatic heterocycles. The van der Waals surface area contributed by atoms with Crippen molar-refractivity contribution in [3.8, 4) is 17.6 Å². The Balaban J connectivity index is 1.68. The molecule has 126 valence electrons. The van der Waals surface area contributed by atoms with E-state index in [1.807, 2.05) is 0 Å². The molecule has 1 N–H and O–H groups in total. The van der Waals surface area contributed by atoms with E-state index in [1.165, 1.54) is 43.9 Å². The van der Waals surface area contributed by atoms with Gasteiger partial charge in [-0.1, -0.05) is 12.1 Å². The van der Waals surface area contributed by atoms with E-state index < -0.39 is 5.82 Å². The van der Waals surface area contributed by atoms with Gasteiger partial charge in [0.15, 0.2) is 11.6 Å². The zero-order chi connectivity index (χ0) is 17.6. The number of methoxy groups -OCH3 is 1. The van der Waals surface area contributed by atoms with Crippen molar-refractivity contribution in [1.82, 2.24) is 15.0 Å². The Morgan fingerprint density at radius 3 is 2.60 bits per heavy atom. The molecule has 8 heteroatoms. The summed E-state index contributed by atoms with van der Waals surface area (Å²) in [6, 6.07) is 8.94. The van der Waals surface area contributed by atoms with Crippen LogP contribution >= 0.6 is 0 Å².